The van der Waals surface area contributed by atoms with Crippen molar-refractivity contribution in [1.29, 1.82) is 0 Å². The topological polar surface area (TPSA) is 57.4 Å². The van der Waals surface area contributed by atoms with Crippen molar-refractivity contribution in [3.05, 3.63) is 23.8 Å². The van der Waals surface area contributed by atoms with Crippen molar-refractivity contribution in [3.63, 3.8) is 0 Å². The van der Waals surface area contributed by atoms with Crippen LogP contribution in [0.2, 0.25) is 0 Å². The number of nitrogens with zero attached hydrogens (tertiary/aromatic N) is 2. The number of H-pyrrole nitrogens is 2. The summed E-state index contributed by atoms with van der Waals surface area (Å²) in [7, 11) is 0. The van der Waals surface area contributed by atoms with Gasteiger partial charge in [-0.25, -0.2) is 4.98 Å². The third kappa shape index (κ3) is 1.14. The Morgan fingerprint density at radius 3 is 2.93 bits per heavy atom. The average Bonchev–Trinajstić information content (AvgIpc) is 2.86. The second kappa shape index (κ2) is 2.97. The third-order valence-corrected chi connectivity index (χ3v) is 2.73. The van der Waals surface area contributed by atoms with E-state index in [-0.39, 0.29) is 0 Å². The molecule has 0 amide bonds. The van der Waals surface area contributed by atoms with Crippen molar-refractivity contribution in [2.24, 2.45) is 0 Å². The van der Waals surface area contributed by atoms with Gasteiger partial charge in [-0.05, 0) is 25.7 Å². The predicted molar refractivity (Wildman–Crippen MR) is 52.8 cm³/mol. The van der Waals surface area contributed by atoms with Crippen LogP contribution in [0.15, 0.2) is 12.4 Å². The fraction of sp³-hybridized carbons (Fsp3) is 0.400. The first-order valence-corrected chi connectivity index (χ1v) is 5.00. The number of imidazole rings is 1. The fourth-order valence-corrected chi connectivity index (χ4v) is 1.97. The maximum atomic E-state index is 4.58. The molecule has 2 N–H and O–H groups in total. The van der Waals surface area contributed by atoms with Gasteiger partial charge in [-0.2, -0.15) is 5.10 Å². The van der Waals surface area contributed by atoms with Crippen LogP contribution in [0.5, 0.6) is 0 Å². The van der Waals surface area contributed by atoms with Gasteiger partial charge in [0.15, 0.2) is 0 Å². The maximum absolute atomic E-state index is 4.58. The van der Waals surface area contributed by atoms with E-state index in [1.165, 1.54) is 24.2 Å². The van der Waals surface area contributed by atoms with Crippen molar-refractivity contribution >= 4 is 0 Å². The smallest absolute Gasteiger partial charge is 0.140 e. The lowest BCUT2D eigenvalue weighted by Gasteiger charge is -2.07. The minimum atomic E-state index is 0.950. The van der Waals surface area contributed by atoms with E-state index in [2.05, 4.69) is 20.2 Å². The first kappa shape index (κ1) is 7.79. The van der Waals surface area contributed by atoms with Crippen LogP contribution in [0.1, 0.15) is 24.2 Å². The first-order chi connectivity index (χ1) is 6.93. The summed E-state index contributed by atoms with van der Waals surface area (Å²) >= 11 is 0. The number of nitrogens with one attached hydrogen (secondary N) is 2. The van der Waals surface area contributed by atoms with Crippen LogP contribution >= 0.6 is 0 Å². The molecule has 0 spiro atoms. The summed E-state index contributed by atoms with van der Waals surface area (Å²) in [5.41, 5.74) is 3.60. The molecule has 0 aromatic carbocycles. The van der Waals surface area contributed by atoms with E-state index in [0.717, 1.165) is 24.2 Å². The Kier molecular flexibility index (Phi) is 1.65. The lowest BCUT2D eigenvalue weighted by Crippen LogP contribution is -2.00. The Bertz CT molecular complexity index is 403. The van der Waals surface area contributed by atoms with Crippen LogP contribution < -0.4 is 0 Å². The molecule has 0 aliphatic heterocycles. The summed E-state index contributed by atoms with van der Waals surface area (Å²) in [5, 5.41) is 6.72. The van der Waals surface area contributed by atoms with E-state index < -0.39 is 0 Å². The lowest BCUT2D eigenvalue weighted by molar-refractivity contribution is 0.667. The van der Waals surface area contributed by atoms with Gasteiger partial charge < -0.3 is 4.98 Å². The zero-order chi connectivity index (χ0) is 9.38. The highest BCUT2D eigenvalue weighted by atomic mass is 15.1. The maximum Gasteiger partial charge on any atom is 0.140 e. The average molecular weight is 188 g/mol. The van der Waals surface area contributed by atoms with E-state index in [1.54, 1.807) is 6.20 Å². The van der Waals surface area contributed by atoms with Crippen LogP contribution in [-0.2, 0) is 12.8 Å². The van der Waals surface area contributed by atoms with Crippen molar-refractivity contribution in [2.75, 3.05) is 0 Å². The molecule has 0 bridgehead atoms. The van der Waals surface area contributed by atoms with Crippen LogP contribution in [0.25, 0.3) is 11.4 Å². The van der Waals surface area contributed by atoms with Gasteiger partial charge in [0.1, 0.15) is 5.82 Å². The molecule has 72 valence electrons. The molecular weight excluding hydrogens is 176 g/mol. The Morgan fingerprint density at radius 2 is 2.14 bits per heavy atom. The highest BCUT2D eigenvalue weighted by Crippen LogP contribution is 2.22. The first-order valence-electron chi connectivity index (χ1n) is 5.00. The molecule has 0 saturated heterocycles. The van der Waals surface area contributed by atoms with Gasteiger partial charge in [0.2, 0.25) is 0 Å². The molecule has 1 aliphatic carbocycles. The van der Waals surface area contributed by atoms with Gasteiger partial charge in [-0.3, -0.25) is 5.10 Å². The second-order valence-corrected chi connectivity index (χ2v) is 3.70. The molecule has 0 radical (unpaired) electrons. The van der Waals surface area contributed by atoms with E-state index in [9.17, 15) is 0 Å². The Morgan fingerprint density at radius 1 is 1.21 bits per heavy atom. The number of rotatable bonds is 1. The molecule has 0 fully saturated rings. The van der Waals surface area contributed by atoms with Crippen molar-refractivity contribution < 1.29 is 0 Å². The van der Waals surface area contributed by atoms with Gasteiger partial charge in [-0.1, -0.05) is 0 Å². The minimum absolute atomic E-state index is 0.950. The van der Waals surface area contributed by atoms with E-state index in [4.69, 9.17) is 0 Å². The molecule has 0 saturated carbocycles. The number of fused-ring (bicyclic) bond motifs is 1. The number of aromatic nitrogens is 4. The molecular formula is C10H12N4. The highest BCUT2D eigenvalue weighted by molar-refractivity contribution is 5.53. The van der Waals surface area contributed by atoms with Crippen molar-refractivity contribution in [1.82, 2.24) is 20.2 Å². The summed E-state index contributed by atoms with van der Waals surface area (Å²) < 4.78 is 0. The number of hydrogen-bond donors (Lipinski definition) is 2. The number of aryl methyl sites for hydroxylation is 2. The van der Waals surface area contributed by atoms with Gasteiger partial charge in [0.05, 0.1) is 17.5 Å². The zero-order valence-corrected chi connectivity index (χ0v) is 7.88. The second-order valence-electron chi connectivity index (χ2n) is 3.70. The van der Waals surface area contributed by atoms with Crippen LogP contribution in [0, 0.1) is 0 Å². The number of hydrogen-bond acceptors (Lipinski definition) is 2. The van der Waals surface area contributed by atoms with Gasteiger partial charge in [-0.15, -0.1) is 0 Å². The minimum Gasteiger partial charge on any atom is -0.342 e. The summed E-state index contributed by atoms with van der Waals surface area (Å²) in [4.78, 5) is 7.94. The lowest BCUT2D eigenvalue weighted by atomic mass is 10.0. The molecule has 0 unspecified atom stereocenters. The largest absolute Gasteiger partial charge is 0.342 e. The molecule has 1 aliphatic rings. The molecule has 2 aromatic rings. The van der Waals surface area contributed by atoms with E-state index >= 15 is 0 Å². The molecule has 3 rings (SSSR count). The predicted octanol–water partition coefficient (Wildman–Crippen LogP) is 1.68. The van der Waals surface area contributed by atoms with Gasteiger partial charge >= 0.3 is 0 Å². The summed E-state index contributed by atoms with van der Waals surface area (Å²) in [6.07, 6.45) is 8.46. The van der Waals surface area contributed by atoms with Crippen LogP contribution in [-0.4, -0.2) is 20.2 Å². The van der Waals surface area contributed by atoms with E-state index in [1.807, 2.05) is 6.20 Å². The van der Waals surface area contributed by atoms with Crippen molar-refractivity contribution in [2.45, 2.75) is 25.7 Å². The van der Waals surface area contributed by atoms with Crippen LogP contribution in [0.4, 0.5) is 0 Å². The SMILES string of the molecule is c1n[nH]cc1-c1nc2c([nH]1)CCCC2. The summed E-state index contributed by atoms with van der Waals surface area (Å²) in [6.45, 7) is 0. The van der Waals surface area contributed by atoms with Crippen LogP contribution in [0.3, 0.4) is 0 Å². The van der Waals surface area contributed by atoms with Gasteiger partial charge in [0.25, 0.3) is 0 Å². The zero-order valence-electron chi connectivity index (χ0n) is 7.88. The monoisotopic (exact) mass is 188 g/mol. The molecule has 2 aromatic heterocycles. The summed E-state index contributed by atoms with van der Waals surface area (Å²) in [6, 6.07) is 0. The Hall–Kier alpha value is -1.58. The molecule has 14 heavy (non-hydrogen) atoms. The molecule has 4 nitrogen and oxygen atoms in total. The Labute approximate surface area is 81.8 Å². The molecule has 0 atom stereocenters. The Balaban J connectivity index is 2.04. The molecule has 2 heterocycles. The molecule has 4 heteroatoms. The van der Waals surface area contributed by atoms with Gasteiger partial charge in [0, 0.05) is 11.9 Å². The quantitative estimate of drug-likeness (QED) is 0.715. The standard InChI is InChI=1S/C10H12N4/c1-2-4-9-8(3-1)13-10(14-9)7-5-11-12-6-7/h5-6H,1-4H2,(H,11,12)(H,13,14). The highest BCUT2D eigenvalue weighted by Gasteiger charge is 2.15. The fourth-order valence-electron chi connectivity index (χ4n) is 1.97. The number of aromatic amines is 2. The van der Waals surface area contributed by atoms with E-state index in [0.29, 0.717) is 0 Å². The van der Waals surface area contributed by atoms with Crippen molar-refractivity contribution in [3.8, 4) is 11.4 Å². The normalized spacial score (nSPS) is 15.4. The third-order valence-electron chi connectivity index (χ3n) is 2.73. The summed E-state index contributed by atoms with van der Waals surface area (Å²) in [5.74, 6) is 0.950.